The standard InChI is InChI=1S/C16H21N3OS/c1-21-12-15(14-6-3-2-4-7-14)18-16(20)8-5-10-19-11-9-17-13-19/h2-4,6-7,9,11,13,15H,5,8,10,12H2,1H3,(H,18,20)/t15-/m1/s1. The minimum atomic E-state index is 0.0851. The molecular formula is C16H21N3OS. The van der Waals surface area contributed by atoms with Crippen LogP contribution in [0.3, 0.4) is 0 Å². The van der Waals surface area contributed by atoms with Crippen molar-refractivity contribution in [2.75, 3.05) is 12.0 Å². The van der Waals surface area contributed by atoms with Crippen LogP contribution in [-0.2, 0) is 11.3 Å². The van der Waals surface area contributed by atoms with E-state index in [1.54, 1.807) is 24.3 Å². The number of hydrogen-bond acceptors (Lipinski definition) is 3. The Labute approximate surface area is 130 Å². The van der Waals surface area contributed by atoms with Gasteiger partial charge in [-0.05, 0) is 18.2 Å². The molecule has 4 nitrogen and oxygen atoms in total. The molecule has 0 aliphatic rings. The maximum absolute atomic E-state index is 12.1. The Bertz CT molecular complexity index is 528. The Morgan fingerprint density at radius 2 is 2.19 bits per heavy atom. The van der Waals surface area contributed by atoms with Crippen LogP contribution < -0.4 is 5.32 Å². The lowest BCUT2D eigenvalue weighted by atomic mass is 10.1. The van der Waals surface area contributed by atoms with Crippen molar-refractivity contribution in [2.45, 2.75) is 25.4 Å². The summed E-state index contributed by atoms with van der Waals surface area (Å²) < 4.78 is 1.99. The van der Waals surface area contributed by atoms with Crippen molar-refractivity contribution in [2.24, 2.45) is 0 Å². The molecule has 2 rings (SSSR count). The zero-order valence-corrected chi connectivity index (χ0v) is 13.1. The van der Waals surface area contributed by atoms with Crippen LogP contribution in [0.4, 0.5) is 0 Å². The summed E-state index contributed by atoms with van der Waals surface area (Å²) in [6.07, 6.45) is 8.86. The molecule has 5 heteroatoms. The second-order valence-electron chi connectivity index (χ2n) is 4.89. The number of amides is 1. The molecule has 0 saturated heterocycles. The number of hydrogen-bond donors (Lipinski definition) is 1. The third-order valence-corrected chi connectivity index (χ3v) is 3.92. The van der Waals surface area contributed by atoms with Crippen molar-refractivity contribution in [3.63, 3.8) is 0 Å². The van der Waals surface area contributed by atoms with Gasteiger partial charge in [0.1, 0.15) is 0 Å². The molecule has 1 heterocycles. The summed E-state index contributed by atoms with van der Waals surface area (Å²) in [5, 5.41) is 3.13. The molecule has 0 spiro atoms. The summed E-state index contributed by atoms with van der Waals surface area (Å²) in [6.45, 7) is 0.825. The summed E-state index contributed by atoms with van der Waals surface area (Å²) in [5.41, 5.74) is 1.16. The Kier molecular flexibility index (Phi) is 6.34. The molecule has 0 aliphatic heterocycles. The molecule has 1 amide bonds. The molecule has 0 radical (unpaired) electrons. The highest BCUT2D eigenvalue weighted by molar-refractivity contribution is 7.98. The van der Waals surface area contributed by atoms with Gasteiger partial charge in [0, 0.05) is 31.1 Å². The lowest BCUT2D eigenvalue weighted by Gasteiger charge is -2.18. The first-order valence-electron chi connectivity index (χ1n) is 7.08. The Balaban J connectivity index is 1.81. The van der Waals surface area contributed by atoms with E-state index in [0.29, 0.717) is 6.42 Å². The van der Waals surface area contributed by atoms with Crippen molar-refractivity contribution >= 4 is 17.7 Å². The van der Waals surface area contributed by atoms with E-state index in [-0.39, 0.29) is 11.9 Å². The van der Waals surface area contributed by atoms with Crippen LogP contribution in [0, 0.1) is 0 Å². The summed E-state index contributed by atoms with van der Waals surface area (Å²) in [5.74, 6) is 0.995. The SMILES string of the molecule is CSC[C@@H](NC(=O)CCCn1ccnc1)c1ccccc1. The topological polar surface area (TPSA) is 46.9 Å². The van der Waals surface area contributed by atoms with Gasteiger partial charge in [-0.3, -0.25) is 4.79 Å². The molecule has 0 bridgehead atoms. The first-order valence-corrected chi connectivity index (χ1v) is 8.48. The minimum absolute atomic E-state index is 0.0851. The average Bonchev–Trinajstić information content (AvgIpc) is 3.01. The molecule has 1 aromatic heterocycles. The van der Waals surface area contributed by atoms with Gasteiger partial charge >= 0.3 is 0 Å². The lowest BCUT2D eigenvalue weighted by molar-refractivity contribution is -0.121. The second-order valence-corrected chi connectivity index (χ2v) is 5.80. The van der Waals surface area contributed by atoms with Gasteiger partial charge < -0.3 is 9.88 Å². The van der Waals surface area contributed by atoms with E-state index in [0.717, 1.165) is 24.3 Å². The van der Waals surface area contributed by atoms with E-state index >= 15 is 0 Å². The molecule has 112 valence electrons. The summed E-state index contributed by atoms with van der Waals surface area (Å²) in [7, 11) is 0. The van der Waals surface area contributed by atoms with Gasteiger partial charge in [0.05, 0.1) is 12.4 Å². The Morgan fingerprint density at radius 1 is 1.38 bits per heavy atom. The first-order chi connectivity index (χ1) is 10.3. The van der Waals surface area contributed by atoms with Crippen LogP contribution in [0.15, 0.2) is 49.1 Å². The minimum Gasteiger partial charge on any atom is -0.348 e. The predicted molar refractivity (Wildman–Crippen MR) is 87.2 cm³/mol. The monoisotopic (exact) mass is 303 g/mol. The highest BCUT2D eigenvalue weighted by atomic mass is 32.2. The highest BCUT2D eigenvalue weighted by Crippen LogP contribution is 2.17. The van der Waals surface area contributed by atoms with Crippen LogP contribution in [-0.4, -0.2) is 27.5 Å². The Morgan fingerprint density at radius 3 is 2.86 bits per heavy atom. The highest BCUT2D eigenvalue weighted by Gasteiger charge is 2.13. The van der Waals surface area contributed by atoms with Crippen LogP contribution in [0.25, 0.3) is 0 Å². The normalized spacial score (nSPS) is 12.0. The second kappa shape index (κ2) is 8.52. The van der Waals surface area contributed by atoms with Gasteiger partial charge in [-0.2, -0.15) is 11.8 Å². The van der Waals surface area contributed by atoms with E-state index in [9.17, 15) is 4.79 Å². The molecule has 1 atom stereocenters. The van der Waals surface area contributed by atoms with E-state index in [1.165, 1.54) is 0 Å². The van der Waals surface area contributed by atoms with Crippen molar-refractivity contribution in [3.05, 3.63) is 54.6 Å². The number of benzene rings is 1. The fraction of sp³-hybridized carbons (Fsp3) is 0.375. The zero-order valence-electron chi connectivity index (χ0n) is 12.2. The van der Waals surface area contributed by atoms with Gasteiger partial charge in [-0.15, -0.1) is 0 Å². The number of thioether (sulfide) groups is 1. The van der Waals surface area contributed by atoms with E-state index in [1.807, 2.05) is 29.0 Å². The number of carbonyl (C=O) groups is 1. The third kappa shape index (κ3) is 5.27. The van der Waals surface area contributed by atoms with Crippen LogP contribution in [0.5, 0.6) is 0 Å². The molecule has 0 fully saturated rings. The van der Waals surface area contributed by atoms with E-state index in [4.69, 9.17) is 0 Å². The van der Waals surface area contributed by atoms with Gasteiger partial charge in [-0.1, -0.05) is 30.3 Å². The van der Waals surface area contributed by atoms with Crippen molar-refractivity contribution in [3.8, 4) is 0 Å². The quantitative estimate of drug-likeness (QED) is 0.815. The average molecular weight is 303 g/mol. The molecule has 1 aromatic carbocycles. The van der Waals surface area contributed by atoms with Crippen LogP contribution in [0.1, 0.15) is 24.4 Å². The summed E-state index contributed by atoms with van der Waals surface area (Å²) >= 11 is 1.74. The molecular weight excluding hydrogens is 282 g/mol. The fourth-order valence-corrected chi connectivity index (χ4v) is 2.79. The van der Waals surface area contributed by atoms with Gasteiger partial charge in [0.25, 0.3) is 0 Å². The predicted octanol–water partition coefficient (Wildman–Crippen LogP) is 2.88. The third-order valence-electron chi connectivity index (χ3n) is 3.25. The molecule has 0 aliphatic carbocycles. The number of imidazole rings is 1. The van der Waals surface area contributed by atoms with Crippen molar-refractivity contribution in [1.82, 2.24) is 14.9 Å². The fourth-order valence-electron chi connectivity index (χ4n) is 2.18. The van der Waals surface area contributed by atoms with Gasteiger partial charge in [0.15, 0.2) is 0 Å². The number of rotatable bonds is 8. The maximum atomic E-state index is 12.1. The lowest BCUT2D eigenvalue weighted by Crippen LogP contribution is -2.30. The summed E-state index contributed by atoms with van der Waals surface area (Å²) in [6, 6.07) is 10.2. The van der Waals surface area contributed by atoms with Crippen LogP contribution >= 0.6 is 11.8 Å². The molecule has 0 unspecified atom stereocenters. The molecule has 0 saturated carbocycles. The largest absolute Gasteiger partial charge is 0.348 e. The van der Waals surface area contributed by atoms with Gasteiger partial charge in [0.2, 0.25) is 5.91 Å². The smallest absolute Gasteiger partial charge is 0.220 e. The Hall–Kier alpha value is -1.75. The number of nitrogens with zero attached hydrogens (tertiary/aromatic N) is 2. The first kappa shape index (κ1) is 15.6. The number of aryl methyl sites for hydroxylation is 1. The van der Waals surface area contributed by atoms with Gasteiger partial charge in [-0.25, -0.2) is 4.98 Å². The molecule has 1 N–H and O–H groups in total. The molecule has 2 aromatic rings. The zero-order chi connectivity index (χ0) is 14.9. The van der Waals surface area contributed by atoms with Crippen molar-refractivity contribution in [1.29, 1.82) is 0 Å². The van der Waals surface area contributed by atoms with E-state index in [2.05, 4.69) is 28.7 Å². The number of aromatic nitrogens is 2. The summed E-state index contributed by atoms with van der Waals surface area (Å²) in [4.78, 5) is 16.1. The van der Waals surface area contributed by atoms with Crippen molar-refractivity contribution < 1.29 is 4.79 Å². The van der Waals surface area contributed by atoms with E-state index < -0.39 is 0 Å². The number of carbonyl (C=O) groups excluding carboxylic acids is 1. The van der Waals surface area contributed by atoms with Crippen LogP contribution in [0.2, 0.25) is 0 Å². The number of nitrogens with one attached hydrogen (secondary N) is 1. The molecule has 21 heavy (non-hydrogen) atoms. The maximum Gasteiger partial charge on any atom is 0.220 e.